The number of carbonyl (C=O) groups is 1. The third-order valence-corrected chi connectivity index (χ3v) is 3.91. The molecule has 1 atom stereocenters. The van der Waals surface area contributed by atoms with Crippen LogP contribution in [0.3, 0.4) is 0 Å². The van der Waals surface area contributed by atoms with E-state index in [1.54, 1.807) is 6.20 Å². The summed E-state index contributed by atoms with van der Waals surface area (Å²) in [4.78, 5) is 16.5. The quantitative estimate of drug-likeness (QED) is 0.833. The fourth-order valence-electron chi connectivity index (χ4n) is 2.42. The van der Waals surface area contributed by atoms with Crippen LogP contribution < -0.4 is 10.1 Å². The third kappa shape index (κ3) is 2.26. The number of ether oxygens (including phenoxy) is 1. The standard InChI is InChI=1S/C15H13IN2O2/c1-2-20-15-10(4-3-7-17-15)13-11-8-9(16)5-6-12(11)18-14(13)19/h3-8,13H,2H2,1H3,(H,18,19). The van der Waals surface area contributed by atoms with E-state index >= 15 is 0 Å². The number of amides is 1. The Bertz CT molecular complexity index is 673. The lowest BCUT2D eigenvalue weighted by molar-refractivity contribution is -0.116. The van der Waals surface area contributed by atoms with Gasteiger partial charge in [-0.05, 0) is 59.3 Å². The highest BCUT2D eigenvalue weighted by Gasteiger charge is 2.34. The number of aromatic nitrogens is 1. The van der Waals surface area contributed by atoms with E-state index in [9.17, 15) is 4.79 Å². The molecule has 1 aliphatic heterocycles. The molecule has 1 aromatic heterocycles. The second kappa shape index (κ2) is 5.40. The van der Waals surface area contributed by atoms with Gasteiger partial charge in [0.15, 0.2) is 0 Å². The minimum atomic E-state index is -0.352. The van der Waals surface area contributed by atoms with E-state index < -0.39 is 0 Å². The monoisotopic (exact) mass is 380 g/mol. The summed E-state index contributed by atoms with van der Waals surface area (Å²) < 4.78 is 6.65. The van der Waals surface area contributed by atoms with E-state index in [4.69, 9.17) is 4.74 Å². The first-order chi connectivity index (χ1) is 9.70. The topological polar surface area (TPSA) is 51.2 Å². The molecule has 0 radical (unpaired) electrons. The first kappa shape index (κ1) is 13.4. The van der Waals surface area contributed by atoms with Gasteiger partial charge in [-0.2, -0.15) is 0 Å². The van der Waals surface area contributed by atoms with Gasteiger partial charge in [0.25, 0.3) is 0 Å². The van der Waals surface area contributed by atoms with Crippen molar-refractivity contribution in [1.82, 2.24) is 4.98 Å². The summed E-state index contributed by atoms with van der Waals surface area (Å²) >= 11 is 2.25. The summed E-state index contributed by atoms with van der Waals surface area (Å²) in [7, 11) is 0. The maximum Gasteiger partial charge on any atom is 0.236 e. The highest BCUT2D eigenvalue weighted by molar-refractivity contribution is 14.1. The summed E-state index contributed by atoms with van der Waals surface area (Å²) in [5.41, 5.74) is 2.66. The maximum absolute atomic E-state index is 12.3. The van der Waals surface area contributed by atoms with Crippen LogP contribution >= 0.6 is 22.6 Å². The van der Waals surface area contributed by atoms with Gasteiger partial charge in [0, 0.05) is 21.0 Å². The zero-order valence-corrected chi connectivity index (χ0v) is 13.0. The Labute approximate surface area is 130 Å². The van der Waals surface area contributed by atoms with Crippen molar-refractivity contribution in [3.63, 3.8) is 0 Å². The highest BCUT2D eigenvalue weighted by atomic mass is 127. The van der Waals surface area contributed by atoms with Crippen LogP contribution in [0.1, 0.15) is 24.0 Å². The maximum atomic E-state index is 12.3. The van der Waals surface area contributed by atoms with Crippen molar-refractivity contribution in [2.45, 2.75) is 12.8 Å². The summed E-state index contributed by atoms with van der Waals surface area (Å²) in [5, 5.41) is 2.92. The van der Waals surface area contributed by atoms with Crippen LogP contribution in [0.15, 0.2) is 36.5 Å². The number of nitrogens with one attached hydrogen (secondary N) is 1. The van der Waals surface area contributed by atoms with Gasteiger partial charge in [0.1, 0.15) is 0 Å². The molecule has 5 heteroatoms. The van der Waals surface area contributed by atoms with Gasteiger partial charge in [-0.1, -0.05) is 6.07 Å². The van der Waals surface area contributed by atoms with Crippen LogP contribution in [-0.4, -0.2) is 17.5 Å². The summed E-state index contributed by atoms with van der Waals surface area (Å²) in [6, 6.07) is 9.68. The number of rotatable bonds is 3. The SMILES string of the molecule is CCOc1ncccc1C1C(=O)Nc2ccc(I)cc21. The van der Waals surface area contributed by atoms with E-state index in [2.05, 4.69) is 32.9 Å². The fraction of sp³-hybridized carbons (Fsp3) is 0.200. The minimum absolute atomic E-state index is 0.0315. The van der Waals surface area contributed by atoms with Crippen molar-refractivity contribution in [2.75, 3.05) is 11.9 Å². The van der Waals surface area contributed by atoms with Gasteiger partial charge >= 0.3 is 0 Å². The molecule has 1 unspecified atom stereocenters. The molecule has 4 nitrogen and oxygen atoms in total. The number of benzene rings is 1. The molecular weight excluding hydrogens is 367 g/mol. The van der Waals surface area contributed by atoms with Gasteiger partial charge < -0.3 is 10.1 Å². The second-order valence-electron chi connectivity index (χ2n) is 4.48. The number of nitrogens with zero attached hydrogens (tertiary/aromatic N) is 1. The Morgan fingerprint density at radius 2 is 2.20 bits per heavy atom. The lowest BCUT2D eigenvalue weighted by Crippen LogP contribution is -2.15. The predicted octanol–water partition coefficient (Wildman–Crippen LogP) is 3.17. The first-order valence-corrected chi connectivity index (χ1v) is 7.46. The minimum Gasteiger partial charge on any atom is -0.478 e. The van der Waals surface area contributed by atoms with Crippen LogP contribution in [-0.2, 0) is 4.79 Å². The van der Waals surface area contributed by atoms with Gasteiger partial charge in [0.2, 0.25) is 11.8 Å². The van der Waals surface area contributed by atoms with Crippen LogP contribution in [0.2, 0.25) is 0 Å². The molecule has 0 saturated heterocycles. The summed E-state index contributed by atoms with van der Waals surface area (Å²) in [6.45, 7) is 2.43. The van der Waals surface area contributed by atoms with Crippen LogP contribution in [0.5, 0.6) is 5.88 Å². The first-order valence-electron chi connectivity index (χ1n) is 6.38. The number of hydrogen-bond acceptors (Lipinski definition) is 3. The molecule has 0 fully saturated rings. The Hall–Kier alpha value is -1.63. The molecule has 2 heterocycles. The Morgan fingerprint density at radius 1 is 1.35 bits per heavy atom. The van der Waals surface area contributed by atoms with Crippen molar-refractivity contribution in [3.8, 4) is 5.88 Å². The van der Waals surface area contributed by atoms with Crippen LogP contribution in [0.25, 0.3) is 0 Å². The third-order valence-electron chi connectivity index (χ3n) is 3.24. The number of carbonyl (C=O) groups excluding carboxylic acids is 1. The number of halogens is 1. The zero-order chi connectivity index (χ0) is 14.1. The average molecular weight is 380 g/mol. The molecule has 0 bridgehead atoms. The predicted molar refractivity (Wildman–Crippen MR) is 85.0 cm³/mol. The lowest BCUT2D eigenvalue weighted by Gasteiger charge is -2.13. The number of fused-ring (bicyclic) bond motifs is 1. The van der Waals surface area contributed by atoms with E-state index in [1.165, 1.54) is 0 Å². The van der Waals surface area contributed by atoms with Crippen molar-refractivity contribution in [2.24, 2.45) is 0 Å². The number of anilines is 1. The largest absolute Gasteiger partial charge is 0.478 e. The van der Waals surface area contributed by atoms with Crippen molar-refractivity contribution in [3.05, 3.63) is 51.2 Å². The number of hydrogen-bond donors (Lipinski definition) is 1. The molecule has 0 aliphatic carbocycles. The summed E-state index contributed by atoms with van der Waals surface area (Å²) in [6.07, 6.45) is 1.68. The molecule has 1 aliphatic rings. The van der Waals surface area contributed by atoms with Gasteiger partial charge in [-0.15, -0.1) is 0 Å². The van der Waals surface area contributed by atoms with E-state index in [1.807, 2.05) is 37.3 Å². The van der Waals surface area contributed by atoms with Gasteiger partial charge in [-0.3, -0.25) is 4.79 Å². The molecule has 2 aromatic rings. The highest BCUT2D eigenvalue weighted by Crippen LogP contribution is 2.40. The second-order valence-corrected chi connectivity index (χ2v) is 5.73. The Morgan fingerprint density at radius 3 is 3.00 bits per heavy atom. The zero-order valence-electron chi connectivity index (χ0n) is 10.9. The Kier molecular flexibility index (Phi) is 3.60. The van der Waals surface area contributed by atoms with Crippen molar-refractivity contribution in [1.29, 1.82) is 0 Å². The summed E-state index contributed by atoms with van der Waals surface area (Å²) in [5.74, 6) is 0.146. The Balaban J connectivity index is 2.12. The molecule has 0 saturated carbocycles. The van der Waals surface area contributed by atoms with Crippen molar-refractivity contribution >= 4 is 34.2 Å². The molecule has 3 rings (SSSR count). The van der Waals surface area contributed by atoms with Crippen LogP contribution in [0, 0.1) is 3.57 Å². The van der Waals surface area contributed by atoms with E-state index in [0.717, 1.165) is 20.4 Å². The van der Waals surface area contributed by atoms with E-state index in [0.29, 0.717) is 12.5 Å². The number of pyridine rings is 1. The molecule has 1 amide bonds. The molecule has 0 spiro atoms. The molecule has 102 valence electrons. The molecule has 1 aromatic carbocycles. The normalized spacial score (nSPS) is 16.7. The smallest absolute Gasteiger partial charge is 0.236 e. The fourth-order valence-corrected chi connectivity index (χ4v) is 2.94. The lowest BCUT2D eigenvalue weighted by atomic mass is 9.93. The van der Waals surface area contributed by atoms with Gasteiger partial charge in [-0.25, -0.2) is 4.98 Å². The molecule has 20 heavy (non-hydrogen) atoms. The molecular formula is C15H13IN2O2. The average Bonchev–Trinajstić information content (AvgIpc) is 2.75. The van der Waals surface area contributed by atoms with Crippen LogP contribution in [0.4, 0.5) is 5.69 Å². The van der Waals surface area contributed by atoms with E-state index in [-0.39, 0.29) is 11.8 Å². The van der Waals surface area contributed by atoms with Crippen molar-refractivity contribution < 1.29 is 9.53 Å². The van der Waals surface area contributed by atoms with Gasteiger partial charge in [0.05, 0.1) is 12.5 Å². The molecule has 1 N–H and O–H groups in total.